The number of hydrogen-bond donors (Lipinski definition) is 2. The lowest BCUT2D eigenvalue weighted by molar-refractivity contribution is 0.268. The summed E-state index contributed by atoms with van der Waals surface area (Å²) < 4.78 is 1.82. The molecule has 1 rings (SSSR count). The van der Waals surface area contributed by atoms with Crippen LogP contribution in [-0.4, -0.2) is 21.5 Å². The number of aromatic nitrogens is 2. The Morgan fingerprint density at radius 2 is 2.33 bits per heavy atom. The number of hydrogen-bond acceptors (Lipinski definition) is 3. The molecule has 0 fully saturated rings. The second-order valence-corrected chi connectivity index (χ2v) is 3.14. The van der Waals surface area contributed by atoms with Crippen LogP contribution in [0.4, 0.5) is 0 Å². The number of rotatable bonds is 3. The lowest BCUT2D eigenvalue weighted by atomic mass is 10.2. The first kappa shape index (κ1) is 9.22. The van der Waals surface area contributed by atoms with Crippen molar-refractivity contribution in [2.24, 2.45) is 5.73 Å². The van der Waals surface area contributed by atoms with E-state index in [4.69, 9.17) is 10.8 Å². The fraction of sp³-hybridized carbons (Fsp3) is 0.625. The first-order valence-corrected chi connectivity index (χ1v) is 4.05. The van der Waals surface area contributed by atoms with Gasteiger partial charge in [-0.1, -0.05) is 0 Å². The SMILES string of the molecule is CC(C)n1cc(C(N)CO)cn1. The van der Waals surface area contributed by atoms with Crippen LogP contribution in [0.2, 0.25) is 0 Å². The van der Waals surface area contributed by atoms with Gasteiger partial charge in [0.2, 0.25) is 0 Å². The molecule has 0 bridgehead atoms. The largest absolute Gasteiger partial charge is 0.394 e. The average molecular weight is 169 g/mol. The molecule has 68 valence electrons. The van der Waals surface area contributed by atoms with E-state index >= 15 is 0 Å². The molecule has 3 N–H and O–H groups in total. The second-order valence-electron chi connectivity index (χ2n) is 3.14. The minimum atomic E-state index is -0.308. The van der Waals surface area contributed by atoms with Gasteiger partial charge in [-0.25, -0.2) is 0 Å². The first-order valence-electron chi connectivity index (χ1n) is 4.05. The van der Waals surface area contributed by atoms with Crippen molar-refractivity contribution in [3.63, 3.8) is 0 Å². The second kappa shape index (κ2) is 3.69. The predicted octanol–water partition coefficient (Wildman–Crippen LogP) is 0.456. The highest BCUT2D eigenvalue weighted by Crippen LogP contribution is 2.10. The van der Waals surface area contributed by atoms with Crippen LogP contribution in [0.5, 0.6) is 0 Å². The summed E-state index contributed by atoms with van der Waals surface area (Å²) in [6, 6.07) is 0.0298. The first-order chi connectivity index (χ1) is 5.65. The maximum Gasteiger partial charge on any atom is 0.0625 e. The van der Waals surface area contributed by atoms with Gasteiger partial charge in [-0.05, 0) is 13.8 Å². The summed E-state index contributed by atoms with van der Waals surface area (Å²) in [5, 5.41) is 12.9. The van der Waals surface area contributed by atoms with Crippen molar-refractivity contribution in [1.82, 2.24) is 9.78 Å². The molecule has 0 amide bonds. The highest BCUT2D eigenvalue weighted by Gasteiger charge is 2.07. The lowest BCUT2D eigenvalue weighted by Crippen LogP contribution is -2.13. The van der Waals surface area contributed by atoms with E-state index in [-0.39, 0.29) is 12.6 Å². The number of nitrogens with zero attached hydrogens (tertiary/aromatic N) is 2. The van der Waals surface area contributed by atoms with Gasteiger partial charge in [0, 0.05) is 17.8 Å². The van der Waals surface area contributed by atoms with Crippen LogP contribution in [0.25, 0.3) is 0 Å². The molecule has 12 heavy (non-hydrogen) atoms. The number of nitrogens with two attached hydrogens (primary N) is 1. The van der Waals surface area contributed by atoms with Gasteiger partial charge in [0.25, 0.3) is 0 Å². The van der Waals surface area contributed by atoms with Gasteiger partial charge in [-0.15, -0.1) is 0 Å². The van der Waals surface area contributed by atoms with Gasteiger partial charge >= 0.3 is 0 Å². The minimum absolute atomic E-state index is 0.0379. The fourth-order valence-electron chi connectivity index (χ4n) is 0.932. The Morgan fingerprint density at radius 3 is 2.75 bits per heavy atom. The Morgan fingerprint density at radius 1 is 1.67 bits per heavy atom. The molecule has 1 unspecified atom stereocenters. The van der Waals surface area contributed by atoms with Crippen molar-refractivity contribution in [1.29, 1.82) is 0 Å². The van der Waals surface area contributed by atoms with E-state index in [1.807, 2.05) is 24.7 Å². The number of aliphatic hydroxyl groups excluding tert-OH is 1. The van der Waals surface area contributed by atoms with Crippen LogP contribution in [-0.2, 0) is 0 Å². The minimum Gasteiger partial charge on any atom is -0.394 e. The maximum absolute atomic E-state index is 8.77. The Labute approximate surface area is 72.0 Å². The molecule has 0 aliphatic heterocycles. The van der Waals surface area contributed by atoms with Crippen LogP contribution in [0.1, 0.15) is 31.5 Å². The van der Waals surface area contributed by atoms with Gasteiger partial charge < -0.3 is 10.8 Å². The van der Waals surface area contributed by atoms with E-state index in [1.54, 1.807) is 6.20 Å². The molecule has 1 aromatic heterocycles. The van der Waals surface area contributed by atoms with Crippen molar-refractivity contribution >= 4 is 0 Å². The van der Waals surface area contributed by atoms with E-state index in [0.29, 0.717) is 6.04 Å². The Kier molecular flexibility index (Phi) is 2.83. The summed E-state index contributed by atoms with van der Waals surface area (Å²) >= 11 is 0. The zero-order valence-electron chi connectivity index (χ0n) is 7.44. The molecule has 1 atom stereocenters. The van der Waals surface area contributed by atoms with Crippen molar-refractivity contribution in [2.75, 3.05) is 6.61 Å². The normalized spacial score (nSPS) is 13.8. The molecule has 0 aromatic carbocycles. The van der Waals surface area contributed by atoms with Crippen LogP contribution >= 0.6 is 0 Å². The van der Waals surface area contributed by atoms with Gasteiger partial charge in [0.05, 0.1) is 18.8 Å². The van der Waals surface area contributed by atoms with Gasteiger partial charge in [0.1, 0.15) is 0 Å². The van der Waals surface area contributed by atoms with Gasteiger partial charge in [-0.2, -0.15) is 5.10 Å². The quantitative estimate of drug-likeness (QED) is 0.690. The van der Waals surface area contributed by atoms with Crippen LogP contribution in [0.15, 0.2) is 12.4 Å². The molecule has 0 aliphatic carbocycles. The summed E-state index contributed by atoms with van der Waals surface area (Å²) in [5.41, 5.74) is 6.49. The Bertz CT molecular complexity index is 244. The van der Waals surface area contributed by atoms with Gasteiger partial charge in [-0.3, -0.25) is 4.68 Å². The summed E-state index contributed by atoms with van der Waals surface area (Å²) in [7, 11) is 0. The molecule has 4 nitrogen and oxygen atoms in total. The van der Waals surface area contributed by atoms with Crippen molar-refractivity contribution in [2.45, 2.75) is 25.9 Å². The van der Waals surface area contributed by atoms with E-state index in [2.05, 4.69) is 5.10 Å². The highest BCUT2D eigenvalue weighted by molar-refractivity contribution is 5.09. The summed E-state index contributed by atoms with van der Waals surface area (Å²) in [4.78, 5) is 0. The highest BCUT2D eigenvalue weighted by atomic mass is 16.3. The third-order valence-corrected chi connectivity index (χ3v) is 1.78. The summed E-state index contributed by atoms with van der Waals surface area (Å²) in [5.74, 6) is 0. The van der Waals surface area contributed by atoms with E-state index in [9.17, 15) is 0 Å². The maximum atomic E-state index is 8.77. The zero-order chi connectivity index (χ0) is 9.14. The van der Waals surface area contributed by atoms with E-state index in [0.717, 1.165) is 5.56 Å². The topological polar surface area (TPSA) is 64.1 Å². The standard InChI is InChI=1S/C8H15N3O/c1-6(2)11-4-7(3-10-11)8(9)5-12/h3-4,6,8,12H,5,9H2,1-2H3. The average Bonchev–Trinajstić information content (AvgIpc) is 2.51. The molecule has 4 heteroatoms. The smallest absolute Gasteiger partial charge is 0.0625 e. The molecule has 0 radical (unpaired) electrons. The molecule has 1 heterocycles. The number of aliphatic hydroxyl groups is 1. The van der Waals surface area contributed by atoms with Crippen molar-refractivity contribution in [3.05, 3.63) is 18.0 Å². The van der Waals surface area contributed by atoms with E-state index in [1.165, 1.54) is 0 Å². The van der Waals surface area contributed by atoms with Crippen molar-refractivity contribution in [3.8, 4) is 0 Å². The molecule has 0 aliphatic rings. The summed E-state index contributed by atoms with van der Waals surface area (Å²) in [6.45, 7) is 4.05. The van der Waals surface area contributed by atoms with Gasteiger partial charge in [0.15, 0.2) is 0 Å². The molecule has 0 saturated heterocycles. The van der Waals surface area contributed by atoms with Crippen molar-refractivity contribution < 1.29 is 5.11 Å². The Balaban J connectivity index is 2.77. The lowest BCUT2D eigenvalue weighted by Gasteiger charge is -2.05. The monoisotopic (exact) mass is 169 g/mol. The predicted molar refractivity (Wildman–Crippen MR) is 46.6 cm³/mol. The third kappa shape index (κ3) is 1.84. The molecule has 1 aromatic rings. The molecular weight excluding hydrogens is 154 g/mol. The summed E-state index contributed by atoms with van der Waals surface area (Å²) in [6.07, 6.45) is 3.56. The van der Waals surface area contributed by atoms with E-state index < -0.39 is 0 Å². The van der Waals surface area contributed by atoms with Crippen LogP contribution in [0, 0.1) is 0 Å². The third-order valence-electron chi connectivity index (χ3n) is 1.78. The molecule has 0 saturated carbocycles. The zero-order valence-corrected chi connectivity index (χ0v) is 7.44. The fourth-order valence-corrected chi connectivity index (χ4v) is 0.932. The molecule has 0 spiro atoms. The Hall–Kier alpha value is -0.870. The van der Waals surface area contributed by atoms with Crippen LogP contribution < -0.4 is 5.73 Å². The van der Waals surface area contributed by atoms with Crippen LogP contribution in [0.3, 0.4) is 0 Å². The molecular formula is C8H15N3O.